The molecule has 2 aromatic carbocycles. The Bertz CT molecular complexity index is 971. The van der Waals surface area contributed by atoms with Crippen LogP contribution < -0.4 is 22.1 Å². The summed E-state index contributed by atoms with van der Waals surface area (Å²) in [7, 11) is 4.83. The molecule has 0 spiro atoms. The Morgan fingerprint density at radius 1 is 0.974 bits per heavy atom. The molecule has 2 aromatic rings. The first-order valence-electron chi connectivity index (χ1n) is 12.7. The Labute approximate surface area is 225 Å². The number of likely N-dealkylation sites (N-methyl/N-ethyl adjacent to an activating group) is 2. The molecule has 0 aliphatic rings. The van der Waals surface area contributed by atoms with Crippen LogP contribution in [0.1, 0.15) is 30.9 Å². The van der Waals surface area contributed by atoms with Crippen molar-refractivity contribution < 1.29 is 24.2 Å². The molecule has 210 valence electrons. The Balaban J connectivity index is 0.00000229. The molecular formula is C28H43N5O5. The van der Waals surface area contributed by atoms with E-state index in [4.69, 9.17) is 11.5 Å². The molecule has 0 fully saturated rings. The fourth-order valence-electron chi connectivity index (χ4n) is 3.91. The molecule has 0 saturated carbocycles. The van der Waals surface area contributed by atoms with Gasteiger partial charge in [0.15, 0.2) is 0 Å². The summed E-state index contributed by atoms with van der Waals surface area (Å²) in [6, 6.07) is 13.6. The number of hydrogen-bond donors (Lipinski definition) is 5. The van der Waals surface area contributed by atoms with Gasteiger partial charge in [-0.25, -0.2) is 0 Å². The molecule has 0 aliphatic heterocycles. The zero-order chi connectivity index (χ0) is 28.5. The highest BCUT2D eigenvalue weighted by atomic mass is 16.4. The summed E-state index contributed by atoms with van der Waals surface area (Å²) in [5, 5.41) is 15.5. The molecule has 7 N–H and O–H groups in total. The highest BCUT2D eigenvalue weighted by Crippen LogP contribution is 2.14. The van der Waals surface area contributed by atoms with Gasteiger partial charge >= 0.3 is 0 Å². The third-order valence-corrected chi connectivity index (χ3v) is 5.87. The molecule has 3 atom stereocenters. The zero-order valence-electron chi connectivity index (χ0n) is 22.9. The van der Waals surface area contributed by atoms with E-state index >= 15 is 0 Å². The van der Waals surface area contributed by atoms with Crippen molar-refractivity contribution in [3.8, 4) is 5.75 Å². The predicted octanol–water partition coefficient (Wildman–Crippen LogP) is 0.954. The predicted molar refractivity (Wildman–Crippen MR) is 148 cm³/mol. The highest BCUT2D eigenvalue weighted by Gasteiger charge is 2.32. The fourth-order valence-corrected chi connectivity index (χ4v) is 3.91. The van der Waals surface area contributed by atoms with Gasteiger partial charge in [0.25, 0.3) is 0 Å². The van der Waals surface area contributed by atoms with Gasteiger partial charge in [-0.3, -0.25) is 14.4 Å². The van der Waals surface area contributed by atoms with Gasteiger partial charge in [0, 0.05) is 27.7 Å². The number of nitrogens with one attached hydrogen (secondary N) is 2. The quantitative estimate of drug-likeness (QED) is 0.244. The average Bonchev–Trinajstić information content (AvgIpc) is 2.90. The van der Waals surface area contributed by atoms with Gasteiger partial charge in [0.1, 0.15) is 17.8 Å². The number of carbonyl (C=O) groups excluding carboxylic acids is 3. The monoisotopic (exact) mass is 529 g/mol. The number of primary amides is 1. The van der Waals surface area contributed by atoms with Crippen molar-refractivity contribution in [2.24, 2.45) is 11.5 Å². The third-order valence-electron chi connectivity index (χ3n) is 5.87. The summed E-state index contributed by atoms with van der Waals surface area (Å²) >= 11 is 0. The number of phenolic OH excluding ortho intramolecular Hbond substituents is 1. The van der Waals surface area contributed by atoms with E-state index < -0.39 is 29.9 Å². The van der Waals surface area contributed by atoms with Crippen LogP contribution in [0.3, 0.4) is 0 Å². The van der Waals surface area contributed by atoms with Crippen LogP contribution in [0.25, 0.3) is 0 Å². The van der Waals surface area contributed by atoms with Gasteiger partial charge in [-0.2, -0.15) is 0 Å². The first-order valence-corrected chi connectivity index (χ1v) is 12.7. The minimum atomic E-state index is -0.907. The molecule has 0 aromatic heterocycles. The Morgan fingerprint density at radius 2 is 1.53 bits per heavy atom. The smallest absolute Gasteiger partial charge is 0.243 e. The van der Waals surface area contributed by atoms with Crippen molar-refractivity contribution in [2.75, 3.05) is 34.4 Å². The zero-order valence-corrected chi connectivity index (χ0v) is 22.9. The third kappa shape index (κ3) is 11.3. The molecular weight excluding hydrogens is 486 g/mol. The number of aromatic hydroxyl groups is 1. The molecule has 0 radical (unpaired) electrons. The number of ether oxygens (including phenoxy) is 1. The van der Waals surface area contributed by atoms with Gasteiger partial charge in [-0.05, 0) is 55.6 Å². The maximum Gasteiger partial charge on any atom is 0.243 e. The molecule has 38 heavy (non-hydrogen) atoms. The number of benzene rings is 2. The number of methoxy groups -OCH3 is 1. The summed E-state index contributed by atoms with van der Waals surface area (Å²) in [6.07, 6.45) is 1.52. The number of nitrogens with two attached hydrogens (primary N) is 2. The molecule has 3 unspecified atom stereocenters. The molecule has 3 amide bonds. The maximum atomic E-state index is 13.4. The van der Waals surface area contributed by atoms with E-state index in [1.165, 1.54) is 4.90 Å². The second-order valence-electron chi connectivity index (χ2n) is 8.94. The maximum absolute atomic E-state index is 13.4. The van der Waals surface area contributed by atoms with Crippen molar-refractivity contribution in [1.82, 2.24) is 15.5 Å². The lowest BCUT2D eigenvalue weighted by atomic mass is 10.0. The summed E-state index contributed by atoms with van der Waals surface area (Å²) < 4.78 is 4.25. The van der Waals surface area contributed by atoms with Gasteiger partial charge in [0.2, 0.25) is 17.7 Å². The average molecular weight is 530 g/mol. The van der Waals surface area contributed by atoms with E-state index in [2.05, 4.69) is 15.4 Å². The first kappa shape index (κ1) is 32.6. The molecule has 0 saturated heterocycles. The van der Waals surface area contributed by atoms with Crippen LogP contribution in [0.2, 0.25) is 0 Å². The molecule has 0 heterocycles. The number of nitrogens with zero attached hydrogens (tertiary/aromatic N) is 1. The van der Waals surface area contributed by atoms with Gasteiger partial charge in [-0.1, -0.05) is 49.4 Å². The molecule has 10 heteroatoms. The fraction of sp³-hybridized carbons (Fsp3) is 0.464. The Morgan fingerprint density at radius 3 is 2.05 bits per heavy atom. The topological polar surface area (TPSA) is 160 Å². The van der Waals surface area contributed by atoms with Crippen molar-refractivity contribution >= 4 is 17.7 Å². The Kier molecular flexibility index (Phi) is 15.3. The largest absolute Gasteiger partial charge is 0.508 e. The van der Waals surface area contributed by atoms with Crippen molar-refractivity contribution in [3.05, 3.63) is 65.7 Å². The minimum absolute atomic E-state index is 0.148. The number of phenols is 1. The lowest BCUT2D eigenvalue weighted by molar-refractivity contribution is -0.141. The number of carbonyl (C=O) groups is 3. The second kappa shape index (κ2) is 17.9. The van der Waals surface area contributed by atoms with Crippen LogP contribution in [0, 0.1) is 0 Å². The minimum Gasteiger partial charge on any atom is -0.508 e. The van der Waals surface area contributed by atoms with Crippen LogP contribution in [-0.2, 0) is 32.0 Å². The summed E-state index contributed by atoms with van der Waals surface area (Å²) in [4.78, 5) is 40.2. The van der Waals surface area contributed by atoms with Crippen LogP contribution in [0.5, 0.6) is 5.75 Å². The van der Waals surface area contributed by atoms with Crippen molar-refractivity contribution in [2.45, 2.75) is 50.7 Å². The summed E-state index contributed by atoms with van der Waals surface area (Å²) in [5.74, 6) is -1.20. The van der Waals surface area contributed by atoms with Crippen molar-refractivity contribution in [3.63, 3.8) is 0 Å². The van der Waals surface area contributed by atoms with E-state index in [0.717, 1.165) is 11.1 Å². The Hall–Kier alpha value is -3.47. The highest BCUT2D eigenvalue weighted by molar-refractivity contribution is 5.92. The lowest BCUT2D eigenvalue weighted by Crippen LogP contribution is -2.57. The van der Waals surface area contributed by atoms with Crippen LogP contribution in [0.15, 0.2) is 54.6 Å². The van der Waals surface area contributed by atoms with Gasteiger partial charge in [0.05, 0.1) is 6.04 Å². The van der Waals surface area contributed by atoms with E-state index in [-0.39, 0.29) is 18.1 Å². The second-order valence-corrected chi connectivity index (χ2v) is 8.94. The van der Waals surface area contributed by atoms with Gasteiger partial charge < -0.3 is 36.8 Å². The van der Waals surface area contributed by atoms with E-state index in [1.54, 1.807) is 45.5 Å². The first-order chi connectivity index (χ1) is 18.2. The van der Waals surface area contributed by atoms with E-state index in [1.807, 2.05) is 37.3 Å². The standard InChI is InChI=1S/C26H37N5O4.C2H6O/c1-3-29-22(17-19-11-13-20(32)14-12-19)26(35)31(2)23(10-7-15-27)25(34)30-21(24(28)33)16-18-8-5-4-6-9-18;1-3-2/h4-6,8-9,11-14,21-23,29,32H,3,7,10,15-17,27H2,1-2H3,(H2,28,33)(H,30,34);1-2H3. The van der Waals surface area contributed by atoms with E-state index in [9.17, 15) is 19.5 Å². The number of amides is 3. The van der Waals surface area contributed by atoms with Crippen LogP contribution in [0.4, 0.5) is 0 Å². The van der Waals surface area contributed by atoms with Crippen LogP contribution in [-0.4, -0.2) is 80.2 Å². The molecule has 2 rings (SSSR count). The molecule has 0 aliphatic carbocycles. The van der Waals surface area contributed by atoms with Crippen LogP contribution >= 0.6 is 0 Å². The van der Waals surface area contributed by atoms with E-state index in [0.29, 0.717) is 32.4 Å². The summed E-state index contributed by atoms with van der Waals surface area (Å²) in [5.41, 5.74) is 13.0. The molecule has 10 nitrogen and oxygen atoms in total. The van der Waals surface area contributed by atoms with Gasteiger partial charge in [-0.15, -0.1) is 0 Å². The summed E-state index contributed by atoms with van der Waals surface area (Å²) in [6.45, 7) is 2.82. The lowest BCUT2D eigenvalue weighted by Gasteiger charge is -2.32. The number of hydrogen-bond acceptors (Lipinski definition) is 7. The SMILES string of the molecule is CCNC(Cc1ccc(O)cc1)C(=O)N(C)C(CCCN)C(=O)NC(Cc1ccccc1)C(N)=O.COC. The van der Waals surface area contributed by atoms with Crippen molar-refractivity contribution in [1.29, 1.82) is 0 Å². The number of rotatable bonds is 14. The normalized spacial score (nSPS) is 12.9. The molecule has 0 bridgehead atoms.